The zero-order valence-electron chi connectivity index (χ0n) is 11.1. The molecule has 110 valence electrons. The lowest BCUT2D eigenvalue weighted by atomic mass is 10.1. The Morgan fingerprint density at radius 3 is 2.80 bits per heavy atom. The highest BCUT2D eigenvalue weighted by Gasteiger charge is 2.35. The van der Waals surface area contributed by atoms with E-state index in [1.807, 2.05) is 18.0 Å². The fourth-order valence-electron chi connectivity index (χ4n) is 2.78. The van der Waals surface area contributed by atoms with Crippen LogP contribution in [0.1, 0.15) is 30.0 Å². The van der Waals surface area contributed by atoms with Crippen molar-refractivity contribution in [3.63, 3.8) is 0 Å². The van der Waals surface area contributed by atoms with Crippen LogP contribution in [0.5, 0.6) is 0 Å². The first-order chi connectivity index (χ1) is 9.40. The number of fused-ring (bicyclic) bond motifs is 1. The molecule has 1 aromatic rings. The lowest BCUT2D eigenvalue weighted by Gasteiger charge is -2.27. The average molecular weight is 318 g/mol. The van der Waals surface area contributed by atoms with Crippen LogP contribution in [-0.2, 0) is 11.2 Å². The molecule has 0 fully saturated rings. The number of aliphatic carboxylic acids is 1. The summed E-state index contributed by atoms with van der Waals surface area (Å²) in [6.45, 7) is 0.595. The summed E-state index contributed by atoms with van der Waals surface area (Å²) in [5.74, 6) is -0.808. The van der Waals surface area contributed by atoms with E-state index in [4.69, 9.17) is 28.3 Å². The Kier molecular flexibility index (Phi) is 4.91. The predicted molar refractivity (Wildman–Crippen MR) is 78.4 cm³/mol. The summed E-state index contributed by atoms with van der Waals surface area (Å²) >= 11 is 12.2. The fourth-order valence-corrected chi connectivity index (χ4v) is 3.37. The van der Waals surface area contributed by atoms with Gasteiger partial charge in [-0.15, -0.1) is 0 Å². The molecular weight excluding hydrogens is 301 g/mol. The largest absolute Gasteiger partial charge is 0.481 e. The number of halogens is 2. The molecule has 0 saturated carbocycles. The second-order valence-electron chi connectivity index (χ2n) is 5.15. The van der Waals surface area contributed by atoms with Gasteiger partial charge >= 0.3 is 5.97 Å². The Hall–Kier alpha value is -0.810. The Balaban J connectivity index is 2.15. The summed E-state index contributed by atoms with van der Waals surface area (Å²) in [6, 6.07) is 3.33. The summed E-state index contributed by atoms with van der Waals surface area (Å²) in [5.41, 5.74) is 1.87. The van der Waals surface area contributed by atoms with Gasteiger partial charge in [0.25, 0.3) is 0 Å². The van der Waals surface area contributed by atoms with Crippen molar-refractivity contribution in [1.82, 2.24) is 4.90 Å². The van der Waals surface area contributed by atoms with E-state index in [0.29, 0.717) is 29.4 Å². The molecule has 2 N–H and O–H groups in total. The van der Waals surface area contributed by atoms with E-state index in [1.54, 1.807) is 6.07 Å². The third-order valence-corrected chi connectivity index (χ3v) is 4.22. The van der Waals surface area contributed by atoms with Gasteiger partial charge in [0, 0.05) is 22.9 Å². The van der Waals surface area contributed by atoms with E-state index in [-0.39, 0.29) is 12.5 Å². The quantitative estimate of drug-likeness (QED) is 0.876. The molecule has 20 heavy (non-hydrogen) atoms. The highest BCUT2D eigenvalue weighted by atomic mass is 35.5. The molecule has 0 bridgehead atoms. The van der Waals surface area contributed by atoms with Crippen molar-refractivity contribution in [2.75, 3.05) is 13.6 Å². The van der Waals surface area contributed by atoms with Crippen LogP contribution in [-0.4, -0.2) is 40.8 Å². The molecule has 0 aliphatic heterocycles. The van der Waals surface area contributed by atoms with E-state index >= 15 is 0 Å². The maximum atomic E-state index is 10.6. The van der Waals surface area contributed by atoms with Crippen LogP contribution in [0.4, 0.5) is 0 Å². The lowest BCUT2D eigenvalue weighted by Crippen LogP contribution is -2.32. The molecule has 0 amide bonds. The first-order valence-electron chi connectivity index (χ1n) is 6.48. The van der Waals surface area contributed by atoms with Crippen molar-refractivity contribution in [2.45, 2.75) is 31.4 Å². The lowest BCUT2D eigenvalue weighted by molar-refractivity contribution is -0.137. The molecule has 0 heterocycles. The first-order valence-corrected chi connectivity index (χ1v) is 7.23. The highest BCUT2D eigenvalue weighted by molar-refractivity contribution is 6.35. The van der Waals surface area contributed by atoms with E-state index in [9.17, 15) is 9.90 Å². The maximum absolute atomic E-state index is 10.6. The number of carbonyl (C=O) groups is 1. The van der Waals surface area contributed by atoms with Crippen molar-refractivity contribution in [2.24, 2.45) is 0 Å². The highest BCUT2D eigenvalue weighted by Crippen LogP contribution is 2.40. The van der Waals surface area contributed by atoms with Gasteiger partial charge in [-0.3, -0.25) is 9.69 Å². The van der Waals surface area contributed by atoms with E-state index < -0.39 is 12.1 Å². The molecule has 2 rings (SSSR count). The number of rotatable bonds is 5. The zero-order valence-corrected chi connectivity index (χ0v) is 12.7. The summed E-state index contributed by atoms with van der Waals surface area (Å²) < 4.78 is 0. The van der Waals surface area contributed by atoms with Gasteiger partial charge in [-0.25, -0.2) is 0 Å². The Labute approximate surface area is 127 Å². The monoisotopic (exact) mass is 317 g/mol. The van der Waals surface area contributed by atoms with Gasteiger partial charge in [0.2, 0.25) is 0 Å². The SMILES string of the molecule is CN(CCCC(=O)O)[C@@H]1c2cc(Cl)cc(Cl)c2C[C@H]1O. The molecule has 0 aromatic heterocycles. The molecular formula is C14H17Cl2NO3. The normalized spacial score (nSPS) is 21.2. The minimum absolute atomic E-state index is 0.121. The summed E-state index contributed by atoms with van der Waals surface area (Å²) in [7, 11) is 1.87. The van der Waals surface area contributed by atoms with Crippen molar-refractivity contribution >= 4 is 29.2 Å². The standard InChI is InChI=1S/C14H17Cl2NO3/c1-17(4-2-3-13(19)20)14-10-5-8(15)6-11(16)9(10)7-12(14)18/h5-6,12,14,18H,2-4,7H2,1H3,(H,19,20)/t12-,14-/m1/s1. The van der Waals surface area contributed by atoms with Gasteiger partial charge in [0.05, 0.1) is 12.1 Å². The number of benzene rings is 1. The van der Waals surface area contributed by atoms with Crippen molar-refractivity contribution in [3.8, 4) is 0 Å². The number of hydrogen-bond donors (Lipinski definition) is 2. The van der Waals surface area contributed by atoms with Gasteiger partial charge in [-0.05, 0) is 43.3 Å². The van der Waals surface area contributed by atoms with Gasteiger partial charge in [0.15, 0.2) is 0 Å². The van der Waals surface area contributed by atoms with Crippen LogP contribution < -0.4 is 0 Å². The Morgan fingerprint density at radius 2 is 2.15 bits per heavy atom. The molecule has 0 saturated heterocycles. The number of nitrogens with zero attached hydrogens (tertiary/aromatic N) is 1. The van der Waals surface area contributed by atoms with Gasteiger partial charge in [0.1, 0.15) is 0 Å². The van der Waals surface area contributed by atoms with Crippen molar-refractivity contribution in [1.29, 1.82) is 0 Å². The smallest absolute Gasteiger partial charge is 0.303 e. The molecule has 1 aromatic carbocycles. The number of carboxylic acid groups (broad SMARTS) is 1. The van der Waals surface area contributed by atoms with Gasteiger partial charge < -0.3 is 10.2 Å². The molecule has 2 atom stereocenters. The zero-order chi connectivity index (χ0) is 14.9. The average Bonchev–Trinajstić information content (AvgIpc) is 2.65. The number of hydrogen-bond acceptors (Lipinski definition) is 3. The molecule has 6 heteroatoms. The third kappa shape index (κ3) is 3.26. The van der Waals surface area contributed by atoms with Crippen LogP contribution >= 0.6 is 23.2 Å². The minimum Gasteiger partial charge on any atom is -0.481 e. The number of carboxylic acids is 1. The number of likely N-dealkylation sites (N-methyl/N-ethyl adjacent to an activating group) is 1. The summed E-state index contributed by atoms with van der Waals surface area (Å²) in [5, 5.41) is 20.0. The molecule has 1 aliphatic rings. The topological polar surface area (TPSA) is 60.8 Å². The second kappa shape index (κ2) is 6.31. The summed E-state index contributed by atoms with van der Waals surface area (Å²) in [4.78, 5) is 12.5. The molecule has 0 spiro atoms. The number of aliphatic hydroxyl groups excluding tert-OH is 1. The summed E-state index contributed by atoms with van der Waals surface area (Å²) in [6.07, 6.45) is 0.615. The fraction of sp³-hybridized carbons (Fsp3) is 0.500. The van der Waals surface area contributed by atoms with Crippen LogP contribution in [0.3, 0.4) is 0 Å². The molecule has 0 unspecified atom stereocenters. The first kappa shape index (κ1) is 15.6. The van der Waals surface area contributed by atoms with E-state index in [0.717, 1.165) is 11.1 Å². The molecule has 0 radical (unpaired) electrons. The molecule has 4 nitrogen and oxygen atoms in total. The molecule has 1 aliphatic carbocycles. The number of aliphatic hydroxyl groups is 1. The second-order valence-corrected chi connectivity index (χ2v) is 5.99. The third-order valence-electron chi connectivity index (χ3n) is 3.67. The maximum Gasteiger partial charge on any atom is 0.303 e. The Bertz CT molecular complexity index is 521. The van der Waals surface area contributed by atoms with Crippen LogP contribution in [0, 0.1) is 0 Å². The van der Waals surface area contributed by atoms with Crippen LogP contribution in [0.15, 0.2) is 12.1 Å². The Morgan fingerprint density at radius 1 is 1.45 bits per heavy atom. The van der Waals surface area contributed by atoms with Crippen LogP contribution in [0.25, 0.3) is 0 Å². The van der Waals surface area contributed by atoms with E-state index in [1.165, 1.54) is 0 Å². The predicted octanol–water partition coefficient (Wildman–Crippen LogP) is 2.75. The van der Waals surface area contributed by atoms with Gasteiger partial charge in [-0.2, -0.15) is 0 Å². The van der Waals surface area contributed by atoms with Crippen molar-refractivity contribution < 1.29 is 15.0 Å². The van der Waals surface area contributed by atoms with Gasteiger partial charge in [-0.1, -0.05) is 23.2 Å². The van der Waals surface area contributed by atoms with Crippen LogP contribution in [0.2, 0.25) is 10.0 Å². The van der Waals surface area contributed by atoms with E-state index in [2.05, 4.69) is 0 Å². The minimum atomic E-state index is -0.808. The van der Waals surface area contributed by atoms with Crippen molar-refractivity contribution in [3.05, 3.63) is 33.3 Å².